The number of nitriles is 1. The minimum atomic E-state index is 0.735. The summed E-state index contributed by atoms with van der Waals surface area (Å²) in [5.41, 5.74) is 4.58. The van der Waals surface area contributed by atoms with Gasteiger partial charge >= 0.3 is 0 Å². The molecule has 0 unspecified atom stereocenters. The van der Waals surface area contributed by atoms with Crippen molar-refractivity contribution in [2.75, 3.05) is 11.4 Å². The molecule has 2 aromatic carbocycles. The van der Waals surface area contributed by atoms with E-state index in [1.165, 1.54) is 11.1 Å². The molecule has 0 saturated heterocycles. The van der Waals surface area contributed by atoms with Crippen LogP contribution in [0.4, 0.5) is 5.69 Å². The van der Waals surface area contributed by atoms with Gasteiger partial charge < -0.3 is 4.90 Å². The minimum absolute atomic E-state index is 0.735. The minimum Gasteiger partial charge on any atom is -0.366 e. The Morgan fingerprint density at radius 2 is 1.90 bits per heavy atom. The fourth-order valence-electron chi connectivity index (χ4n) is 2.78. The zero-order valence-electron chi connectivity index (χ0n) is 11.1. The molecule has 2 nitrogen and oxygen atoms in total. The van der Waals surface area contributed by atoms with Crippen LogP contribution in [0.15, 0.2) is 46.9 Å². The van der Waals surface area contributed by atoms with E-state index in [1.54, 1.807) is 0 Å². The first kappa shape index (κ1) is 13.2. The van der Waals surface area contributed by atoms with Gasteiger partial charge in [-0.05, 0) is 42.2 Å². The third kappa shape index (κ3) is 2.57. The summed E-state index contributed by atoms with van der Waals surface area (Å²) in [6.45, 7) is 1.87. The smallest absolute Gasteiger partial charge is 0.101 e. The molecule has 3 heteroatoms. The maximum atomic E-state index is 9.34. The van der Waals surface area contributed by atoms with E-state index in [0.29, 0.717) is 0 Å². The maximum absolute atomic E-state index is 9.34. The summed E-state index contributed by atoms with van der Waals surface area (Å²) in [6.07, 6.45) is 2.24. The van der Waals surface area contributed by atoms with Gasteiger partial charge in [-0.1, -0.05) is 40.2 Å². The Bertz CT molecular complexity index is 673. The highest BCUT2D eigenvalue weighted by Gasteiger charge is 2.17. The van der Waals surface area contributed by atoms with Crippen LogP contribution in [0.3, 0.4) is 0 Å². The van der Waals surface area contributed by atoms with E-state index >= 15 is 0 Å². The molecule has 0 N–H and O–H groups in total. The summed E-state index contributed by atoms with van der Waals surface area (Å²) >= 11 is 3.43. The predicted octanol–water partition coefficient (Wildman–Crippen LogP) is 4.27. The van der Waals surface area contributed by atoms with Gasteiger partial charge in [0.25, 0.3) is 0 Å². The molecule has 1 heterocycles. The highest BCUT2D eigenvalue weighted by Crippen LogP contribution is 2.28. The second-order valence-corrected chi connectivity index (χ2v) is 5.98. The molecule has 0 radical (unpaired) electrons. The first-order valence-electron chi connectivity index (χ1n) is 6.79. The third-order valence-corrected chi connectivity index (χ3v) is 4.27. The van der Waals surface area contributed by atoms with E-state index in [1.807, 2.05) is 18.2 Å². The lowest BCUT2D eigenvalue weighted by molar-refractivity contribution is 0.765. The van der Waals surface area contributed by atoms with Gasteiger partial charge in [-0.25, -0.2) is 0 Å². The lowest BCUT2D eigenvalue weighted by Gasteiger charge is -2.24. The Morgan fingerprint density at radius 3 is 2.70 bits per heavy atom. The van der Waals surface area contributed by atoms with Crippen molar-refractivity contribution in [2.24, 2.45) is 0 Å². The van der Waals surface area contributed by atoms with Crippen LogP contribution in [0.1, 0.15) is 23.1 Å². The molecule has 0 saturated carbocycles. The van der Waals surface area contributed by atoms with Gasteiger partial charge in [0.2, 0.25) is 0 Å². The van der Waals surface area contributed by atoms with Gasteiger partial charge in [-0.15, -0.1) is 0 Å². The molecular formula is C17H15BrN2. The van der Waals surface area contributed by atoms with E-state index in [-0.39, 0.29) is 0 Å². The molecule has 0 aliphatic carbocycles. The number of hydrogen-bond donors (Lipinski definition) is 0. The number of anilines is 1. The molecule has 0 amide bonds. The molecular weight excluding hydrogens is 312 g/mol. The summed E-state index contributed by atoms with van der Waals surface area (Å²) < 4.78 is 0.952. The van der Waals surface area contributed by atoms with Crippen LogP contribution in [-0.4, -0.2) is 6.54 Å². The Morgan fingerprint density at radius 1 is 1.10 bits per heavy atom. The lowest BCUT2D eigenvalue weighted by Crippen LogP contribution is -2.23. The summed E-state index contributed by atoms with van der Waals surface area (Å²) in [6, 6.07) is 16.9. The van der Waals surface area contributed by atoms with Crippen LogP contribution in [0.5, 0.6) is 0 Å². The van der Waals surface area contributed by atoms with Crippen molar-refractivity contribution in [1.29, 1.82) is 5.26 Å². The average molecular weight is 327 g/mol. The van der Waals surface area contributed by atoms with Crippen LogP contribution in [-0.2, 0) is 13.0 Å². The van der Waals surface area contributed by atoms with Crippen LogP contribution in [0, 0.1) is 11.3 Å². The quantitative estimate of drug-likeness (QED) is 0.782. The fourth-order valence-corrected chi connectivity index (χ4v) is 3.14. The van der Waals surface area contributed by atoms with E-state index < -0.39 is 0 Å². The standard InChI is InChI=1S/C17H15BrN2/c18-16-7-8-17(15(10-16)11-19)20-9-3-6-13-4-1-2-5-14(13)12-20/h1-2,4-5,7-8,10H,3,6,9,12H2. The zero-order valence-corrected chi connectivity index (χ0v) is 12.7. The number of fused-ring (bicyclic) bond motifs is 1. The van der Waals surface area contributed by atoms with E-state index in [0.717, 1.165) is 41.7 Å². The van der Waals surface area contributed by atoms with E-state index in [9.17, 15) is 5.26 Å². The summed E-state index contributed by atoms with van der Waals surface area (Å²) in [4.78, 5) is 2.32. The Labute approximate surface area is 127 Å². The topological polar surface area (TPSA) is 27.0 Å². The maximum Gasteiger partial charge on any atom is 0.101 e. The number of aryl methyl sites for hydroxylation is 1. The molecule has 1 aliphatic rings. The van der Waals surface area contributed by atoms with Crippen molar-refractivity contribution in [1.82, 2.24) is 0 Å². The normalized spacial score (nSPS) is 14.3. The second-order valence-electron chi connectivity index (χ2n) is 5.07. The summed E-state index contributed by atoms with van der Waals surface area (Å²) in [5, 5.41) is 9.34. The second kappa shape index (κ2) is 5.68. The highest BCUT2D eigenvalue weighted by atomic mass is 79.9. The van der Waals surface area contributed by atoms with Crippen molar-refractivity contribution in [3.05, 3.63) is 63.6 Å². The van der Waals surface area contributed by atoms with Crippen molar-refractivity contribution < 1.29 is 0 Å². The van der Waals surface area contributed by atoms with E-state index in [4.69, 9.17) is 0 Å². The average Bonchev–Trinajstić information content (AvgIpc) is 2.69. The van der Waals surface area contributed by atoms with Gasteiger partial charge in [0.1, 0.15) is 6.07 Å². The predicted molar refractivity (Wildman–Crippen MR) is 84.7 cm³/mol. The molecule has 0 atom stereocenters. The Balaban J connectivity index is 1.98. The number of benzene rings is 2. The monoisotopic (exact) mass is 326 g/mol. The molecule has 20 heavy (non-hydrogen) atoms. The van der Waals surface area contributed by atoms with Crippen LogP contribution in [0.25, 0.3) is 0 Å². The number of rotatable bonds is 1. The number of nitrogens with zero attached hydrogens (tertiary/aromatic N) is 2. The number of halogens is 1. The Hall–Kier alpha value is -1.79. The molecule has 2 aromatic rings. The number of hydrogen-bond acceptors (Lipinski definition) is 2. The van der Waals surface area contributed by atoms with Crippen LogP contribution >= 0.6 is 15.9 Å². The highest BCUT2D eigenvalue weighted by molar-refractivity contribution is 9.10. The van der Waals surface area contributed by atoms with Crippen LogP contribution < -0.4 is 4.90 Å². The van der Waals surface area contributed by atoms with Crippen molar-refractivity contribution in [2.45, 2.75) is 19.4 Å². The van der Waals surface area contributed by atoms with Crippen LogP contribution in [0.2, 0.25) is 0 Å². The van der Waals surface area contributed by atoms with Crippen molar-refractivity contribution in [3.63, 3.8) is 0 Å². The van der Waals surface area contributed by atoms with E-state index in [2.05, 4.69) is 51.2 Å². The largest absolute Gasteiger partial charge is 0.366 e. The first-order valence-corrected chi connectivity index (χ1v) is 7.58. The van der Waals surface area contributed by atoms with Gasteiger partial charge in [0.05, 0.1) is 11.3 Å². The molecule has 0 bridgehead atoms. The van der Waals surface area contributed by atoms with Gasteiger partial charge in [0.15, 0.2) is 0 Å². The van der Waals surface area contributed by atoms with Gasteiger partial charge in [0, 0.05) is 17.6 Å². The fraction of sp³-hybridized carbons (Fsp3) is 0.235. The Kier molecular flexibility index (Phi) is 3.75. The summed E-state index contributed by atoms with van der Waals surface area (Å²) in [7, 11) is 0. The summed E-state index contributed by atoms with van der Waals surface area (Å²) in [5.74, 6) is 0. The molecule has 3 rings (SSSR count). The molecule has 100 valence electrons. The SMILES string of the molecule is N#Cc1cc(Br)ccc1N1CCCc2ccccc2C1. The molecule has 0 aromatic heterocycles. The van der Waals surface area contributed by atoms with Crippen molar-refractivity contribution in [3.8, 4) is 6.07 Å². The zero-order chi connectivity index (χ0) is 13.9. The molecule has 0 spiro atoms. The lowest BCUT2D eigenvalue weighted by atomic mass is 10.0. The van der Waals surface area contributed by atoms with Gasteiger partial charge in [-0.3, -0.25) is 0 Å². The van der Waals surface area contributed by atoms with Crippen molar-refractivity contribution >= 4 is 21.6 Å². The van der Waals surface area contributed by atoms with Gasteiger partial charge in [-0.2, -0.15) is 5.26 Å². The molecule has 1 aliphatic heterocycles. The first-order chi connectivity index (χ1) is 9.78. The molecule has 0 fully saturated rings. The third-order valence-electron chi connectivity index (χ3n) is 3.77.